The van der Waals surface area contributed by atoms with Crippen molar-refractivity contribution in [1.82, 2.24) is 0 Å². The predicted octanol–water partition coefficient (Wildman–Crippen LogP) is 1.05. The molecule has 0 heterocycles. The minimum atomic E-state index is -0.689. The molecule has 1 aromatic carbocycles. The number of ether oxygens (including phenoxy) is 2. The first-order valence-electron chi connectivity index (χ1n) is 4.79. The number of hydrogen-bond acceptors (Lipinski definition) is 3. The third-order valence-electron chi connectivity index (χ3n) is 1.75. The minimum absolute atomic E-state index is 0.137. The summed E-state index contributed by atoms with van der Waals surface area (Å²) in [6.45, 7) is 0.921. The molecule has 0 amide bonds. The first-order chi connectivity index (χ1) is 7.83. The molecule has 0 bridgehead atoms. The monoisotopic (exact) mass is 220 g/mol. The van der Waals surface area contributed by atoms with Gasteiger partial charge in [0.1, 0.15) is 6.61 Å². The van der Waals surface area contributed by atoms with Gasteiger partial charge in [-0.1, -0.05) is 30.3 Å². The molecule has 0 unspecified atom stereocenters. The SMILES string of the molecule is [N-]=[N+]=CC(=O)OCCOCc1ccccc1. The van der Waals surface area contributed by atoms with E-state index < -0.39 is 5.97 Å². The topological polar surface area (TPSA) is 71.9 Å². The summed E-state index contributed by atoms with van der Waals surface area (Å²) in [5, 5.41) is 0. The van der Waals surface area contributed by atoms with E-state index >= 15 is 0 Å². The van der Waals surface area contributed by atoms with E-state index in [2.05, 4.69) is 9.53 Å². The summed E-state index contributed by atoms with van der Waals surface area (Å²) in [6.07, 6.45) is 0.692. The van der Waals surface area contributed by atoms with Gasteiger partial charge in [-0.3, -0.25) is 0 Å². The number of rotatable bonds is 6. The molecule has 0 saturated heterocycles. The van der Waals surface area contributed by atoms with Crippen LogP contribution < -0.4 is 0 Å². The van der Waals surface area contributed by atoms with Crippen molar-refractivity contribution in [3.63, 3.8) is 0 Å². The molecule has 0 atom stereocenters. The fourth-order valence-corrected chi connectivity index (χ4v) is 1.05. The Morgan fingerprint density at radius 3 is 2.75 bits per heavy atom. The Hall–Kier alpha value is -1.97. The van der Waals surface area contributed by atoms with E-state index in [1.165, 1.54) is 0 Å². The number of hydrogen-bond donors (Lipinski definition) is 0. The lowest BCUT2D eigenvalue weighted by molar-refractivity contribution is -0.140. The summed E-state index contributed by atoms with van der Waals surface area (Å²) in [4.78, 5) is 13.2. The van der Waals surface area contributed by atoms with Crippen molar-refractivity contribution >= 4 is 12.2 Å². The van der Waals surface area contributed by atoms with Gasteiger partial charge in [-0.15, -0.1) is 0 Å². The molecule has 5 heteroatoms. The van der Waals surface area contributed by atoms with Gasteiger partial charge >= 0.3 is 12.2 Å². The summed E-state index contributed by atoms with van der Waals surface area (Å²) in [5.41, 5.74) is 9.09. The van der Waals surface area contributed by atoms with Crippen LogP contribution in [0.1, 0.15) is 5.56 Å². The highest BCUT2D eigenvalue weighted by molar-refractivity contribution is 6.20. The van der Waals surface area contributed by atoms with E-state index in [0.29, 0.717) is 19.4 Å². The molecule has 0 aliphatic rings. The Morgan fingerprint density at radius 1 is 1.31 bits per heavy atom. The van der Waals surface area contributed by atoms with Crippen molar-refractivity contribution in [1.29, 1.82) is 0 Å². The lowest BCUT2D eigenvalue weighted by Crippen LogP contribution is -2.11. The normalized spacial score (nSPS) is 9.25. The molecule has 0 aliphatic carbocycles. The van der Waals surface area contributed by atoms with Gasteiger partial charge in [-0.25, -0.2) is 4.79 Å². The number of nitrogens with zero attached hydrogens (tertiary/aromatic N) is 2. The van der Waals surface area contributed by atoms with Crippen LogP contribution in [0.5, 0.6) is 0 Å². The van der Waals surface area contributed by atoms with Gasteiger partial charge < -0.3 is 15.0 Å². The van der Waals surface area contributed by atoms with Crippen molar-refractivity contribution < 1.29 is 19.1 Å². The first kappa shape index (κ1) is 12.1. The fourth-order valence-electron chi connectivity index (χ4n) is 1.05. The standard InChI is InChI=1S/C11H12N2O3/c12-13-8-11(14)16-7-6-15-9-10-4-2-1-3-5-10/h1-5,8H,6-7,9H2. The maximum absolute atomic E-state index is 10.7. The molecule has 0 spiro atoms. The molecule has 84 valence electrons. The highest BCUT2D eigenvalue weighted by atomic mass is 16.6. The van der Waals surface area contributed by atoms with Gasteiger partial charge in [-0.2, -0.15) is 4.79 Å². The van der Waals surface area contributed by atoms with Crippen LogP contribution in [0, 0.1) is 0 Å². The van der Waals surface area contributed by atoms with Crippen LogP contribution in [0.3, 0.4) is 0 Å². The van der Waals surface area contributed by atoms with Crippen molar-refractivity contribution in [3.05, 3.63) is 41.4 Å². The van der Waals surface area contributed by atoms with Crippen molar-refractivity contribution in [3.8, 4) is 0 Å². The van der Waals surface area contributed by atoms with E-state index in [9.17, 15) is 4.79 Å². The summed E-state index contributed by atoms with van der Waals surface area (Å²) < 4.78 is 9.91. The zero-order valence-electron chi connectivity index (χ0n) is 8.70. The molecule has 0 saturated carbocycles. The highest BCUT2D eigenvalue weighted by Gasteiger charge is 2.01. The van der Waals surface area contributed by atoms with Gasteiger partial charge in [0.15, 0.2) is 0 Å². The maximum atomic E-state index is 10.7. The van der Waals surface area contributed by atoms with Crippen LogP contribution in [-0.4, -0.2) is 30.2 Å². The summed E-state index contributed by atoms with van der Waals surface area (Å²) in [7, 11) is 0. The molecule has 0 fully saturated rings. The van der Waals surface area contributed by atoms with Gasteiger partial charge in [0.2, 0.25) is 0 Å². The van der Waals surface area contributed by atoms with Gasteiger partial charge in [-0.05, 0) is 5.56 Å². The number of esters is 1. The van der Waals surface area contributed by atoms with E-state index in [-0.39, 0.29) is 6.61 Å². The lowest BCUT2D eigenvalue weighted by atomic mass is 10.2. The first-order valence-corrected chi connectivity index (χ1v) is 4.79. The third-order valence-corrected chi connectivity index (χ3v) is 1.75. The molecule has 1 rings (SSSR count). The zero-order chi connectivity index (χ0) is 11.6. The Morgan fingerprint density at radius 2 is 2.06 bits per heavy atom. The second kappa shape index (κ2) is 7.34. The average Bonchev–Trinajstić information content (AvgIpc) is 2.30. The smallest absolute Gasteiger partial charge is 0.413 e. The Bertz CT molecular complexity index is 372. The highest BCUT2D eigenvalue weighted by Crippen LogP contribution is 1.99. The molecule has 5 nitrogen and oxygen atoms in total. The number of benzene rings is 1. The Labute approximate surface area is 93.2 Å². The molecular formula is C11H12N2O3. The second-order valence-corrected chi connectivity index (χ2v) is 2.95. The van der Waals surface area contributed by atoms with E-state index in [1.807, 2.05) is 30.3 Å². The number of carbonyl (C=O) groups is 1. The van der Waals surface area contributed by atoms with E-state index in [1.54, 1.807) is 0 Å². The predicted molar refractivity (Wildman–Crippen MR) is 56.7 cm³/mol. The quantitative estimate of drug-likeness (QED) is 0.236. The van der Waals surface area contributed by atoms with Crippen molar-refractivity contribution in [2.75, 3.05) is 13.2 Å². The van der Waals surface area contributed by atoms with Crippen LogP contribution in [0.4, 0.5) is 0 Å². The Kier molecular flexibility index (Phi) is 5.55. The molecule has 1 aromatic rings. The van der Waals surface area contributed by atoms with Crippen molar-refractivity contribution in [2.45, 2.75) is 6.61 Å². The zero-order valence-corrected chi connectivity index (χ0v) is 8.70. The molecule has 0 radical (unpaired) electrons. The largest absolute Gasteiger partial charge is 0.455 e. The van der Waals surface area contributed by atoms with Gasteiger partial charge in [0.05, 0.1) is 13.2 Å². The van der Waals surface area contributed by atoms with Gasteiger partial charge in [0.25, 0.3) is 0 Å². The van der Waals surface area contributed by atoms with Crippen molar-refractivity contribution in [2.24, 2.45) is 0 Å². The Balaban J connectivity index is 2.09. The summed E-state index contributed by atoms with van der Waals surface area (Å²) in [5.74, 6) is -0.689. The maximum Gasteiger partial charge on any atom is 0.413 e. The van der Waals surface area contributed by atoms with E-state index in [4.69, 9.17) is 10.3 Å². The molecular weight excluding hydrogens is 208 g/mol. The third kappa shape index (κ3) is 5.05. The molecule has 0 aliphatic heterocycles. The van der Waals surface area contributed by atoms with Crippen LogP contribution in [0.2, 0.25) is 0 Å². The van der Waals surface area contributed by atoms with Gasteiger partial charge in [0, 0.05) is 0 Å². The fraction of sp³-hybridized carbons (Fsp3) is 0.273. The minimum Gasteiger partial charge on any atom is -0.455 e. The van der Waals surface area contributed by atoms with Crippen LogP contribution in [0.25, 0.3) is 5.53 Å². The van der Waals surface area contributed by atoms with Crippen LogP contribution in [-0.2, 0) is 20.9 Å². The lowest BCUT2D eigenvalue weighted by Gasteiger charge is -2.03. The average molecular weight is 220 g/mol. The molecule has 0 aromatic heterocycles. The van der Waals surface area contributed by atoms with Crippen LogP contribution >= 0.6 is 0 Å². The molecule has 16 heavy (non-hydrogen) atoms. The van der Waals surface area contributed by atoms with E-state index in [0.717, 1.165) is 5.56 Å². The van der Waals surface area contributed by atoms with Crippen LogP contribution in [0.15, 0.2) is 30.3 Å². The molecule has 0 N–H and O–H groups in total. The summed E-state index contributed by atoms with van der Waals surface area (Å²) >= 11 is 0. The number of carbonyl (C=O) groups excluding carboxylic acids is 1. The summed E-state index contributed by atoms with van der Waals surface area (Å²) in [6, 6.07) is 9.68. The second-order valence-electron chi connectivity index (χ2n) is 2.95.